The van der Waals surface area contributed by atoms with E-state index in [-0.39, 0.29) is 5.78 Å². The first-order chi connectivity index (χ1) is 8.56. The number of carbonyl (C=O) groups is 1. The minimum atomic E-state index is 0.254. The van der Waals surface area contributed by atoms with E-state index in [2.05, 4.69) is 25.9 Å². The third-order valence-electron chi connectivity index (χ3n) is 3.40. The molecular weight excluding hydrogens is 226 g/mol. The molecule has 1 aromatic heterocycles. The molecule has 0 aliphatic carbocycles. The molecule has 0 fully saturated rings. The van der Waals surface area contributed by atoms with Crippen LogP contribution in [-0.2, 0) is 11.2 Å². The van der Waals surface area contributed by atoms with E-state index >= 15 is 0 Å². The quantitative estimate of drug-likeness (QED) is 0.771. The van der Waals surface area contributed by atoms with Crippen LogP contribution in [0.25, 0.3) is 0 Å². The molecule has 0 saturated carbocycles. The summed E-state index contributed by atoms with van der Waals surface area (Å²) in [5.41, 5.74) is 6.41. The summed E-state index contributed by atoms with van der Waals surface area (Å²) in [5.74, 6) is 0.677. The topological polar surface area (TPSA) is 60.9 Å². The Morgan fingerprint density at radius 2 is 2.22 bits per heavy atom. The fourth-order valence-corrected chi connectivity index (χ4v) is 1.72. The van der Waals surface area contributed by atoms with Crippen molar-refractivity contribution in [3.63, 3.8) is 0 Å². The SMILES string of the molecule is CCC(C)n1ccc(CC(=O)CCC(C)CN)n1. The predicted molar refractivity (Wildman–Crippen MR) is 73.4 cm³/mol. The zero-order valence-electron chi connectivity index (χ0n) is 11.7. The van der Waals surface area contributed by atoms with Crippen LogP contribution >= 0.6 is 0 Å². The Balaban J connectivity index is 2.42. The largest absolute Gasteiger partial charge is 0.330 e. The monoisotopic (exact) mass is 251 g/mol. The van der Waals surface area contributed by atoms with E-state index < -0.39 is 0 Å². The van der Waals surface area contributed by atoms with Crippen molar-refractivity contribution in [3.8, 4) is 0 Å². The van der Waals surface area contributed by atoms with Gasteiger partial charge in [-0.25, -0.2) is 0 Å². The molecule has 0 aromatic carbocycles. The van der Waals surface area contributed by atoms with E-state index in [1.165, 1.54) is 0 Å². The molecule has 1 aromatic rings. The van der Waals surface area contributed by atoms with Crippen LogP contribution in [0.4, 0.5) is 0 Å². The molecule has 0 amide bonds. The summed E-state index contributed by atoms with van der Waals surface area (Å²) in [4.78, 5) is 11.8. The van der Waals surface area contributed by atoms with Crippen LogP contribution in [0.1, 0.15) is 51.8 Å². The first-order valence-corrected chi connectivity index (χ1v) is 6.82. The van der Waals surface area contributed by atoms with E-state index in [0.29, 0.717) is 31.3 Å². The van der Waals surface area contributed by atoms with Gasteiger partial charge in [0.25, 0.3) is 0 Å². The Hall–Kier alpha value is -1.16. The minimum absolute atomic E-state index is 0.254. The lowest BCUT2D eigenvalue weighted by Crippen LogP contribution is -2.13. The summed E-state index contributed by atoms with van der Waals surface area (Å²) in [6, 6.07) is 2.34. The van der Waals surface area contributed by atoms with E-state index in [1.54, 1.807) is 0 Å². The summed E-state index contributed by atoms with van der Waals surface area (Å²) < 4.78 is 1.94. The van der Waals surface area contributed by atoms with Crippen LogP contribution in [0.3, 0.4) is 0 Å². The molecule has 1 heterocycles. The highest BCUT2D eigenvalue weighted by Gasteiger charge is 2.10. The second kappa shape index (κ2) is 7.31. The Bertz CT molecular complexity index is 373. The summed E-state index contributed by atoms with van der Waals surface area (Å²) in [5, 5.41) is 4.44. The number of ketones is 1. The van der Waals surface area contributed by atoms with Crippen LogP contribution in [-0.4, -0.2) is 22.1 Å². The molecule has 2 unspecified atom stereocenters. The standard InChI is InChI=1S/C14H25N3O/c1-4-12(3)17-8-7-13(16-17)9-14(18)6-5-11(2)10-15/h7-8,11-12H,4-6,9-10,15H2,1-3H3. The lowest BCUT2D eigenvalue weighted by atomic mass is 10.0. The maximum Gasteiger partial charge on any atom is 0.138 e. The Kier molecular flexibility index (Phi) is 6.05. The van der Waals surface area contributed by atoms with Gasteiger partial charge in [-0.3, -0.25) is 9.48 Å². The van der Waals surface area contributed by atoms with Crippen molar-refractivity contribution in [2.24, 2.45) is 11.7 Å². The smallest absolute Gasteiger partial charge is 0.138 e. The van der Waals surface area contributed by atoms with Gasteiger partial charge in [0.05, 0.1) is 12.1 Å². The Morgan fingerprint density at radius 1 is 1.50 bits per heavy atom. The molecule has 1 rings (SSSR count). The molecular formula is C14H25N3O. The van der Waals surface area contributed by atoms with Crippen LogP contribution in [0.15, 0.2) is 12.3 Å². The van der Waals surface area contributed by atoms with Gasteiger partial charge in [0, 0.05) is 18.7 Å². The van der Waals surface area contributed by atoms with Crippen molar-refractivity contribution in [1.82, 2.24) is 9.78 Å². The van der Waals surface area contributed by atoms with Gasteiger partial charge in [-0.2, -0.15) is 5.10 Å². The lowest BCUT2D eigenvalue weighted by molar-refractivity contribution is -0.118. The highest BCUT2D eigenvalue weighted by molar-refractivity contribution is 5.80. The minimum Gasteiger partial charge on any atom is -0.330 e. The summed E-state index contributed by atoms with van der Waals surface area (Å²) in [6.45, 7) is 6.98. The number of aromatic nitrogens is 2. The predicted octanol–water partition coefficient (Wildman–Crippen LogP) is 2.34. The Morgan fingerprint density at radius 3 is 2.83 bits per heavy atom. The zero-order chi connectivity index (χ0) is 13.5. The normalized spacial score (nSPS) is 14.4. The molecule has 0 bridgehead atoms. The van der Waals surface area contributed by atoms with E-state index in [0.717, 1.165) is 18.5 Å². The van der Waals surface area contributed by atoms with Gasteiger partial charge in [0.1, 0.15) is 5.78 Å². The number of nitrogens with zero attached hydrogens (tertiary/aromatic N) is 2. The van der Waals surface area contributed by atoms with Crippen molar-refractivity contribution in [3.05, 3.63) is 18.0 Å². The average molecular weight is 251 g/mol. The van der Waals surface area contributed by atoms with Gasteiger partial charge in [-0.15, -0.1) is 0 Å². The van der Waals surface area contributed by atoms with E-state index in [9.17, 15) is 4.79 Å². The fourth-order valence-electron chi connectivity index (χ4n) is 1.72. The highest BCUT2D eigenvalue weighted by atomic mass is 16.1. The molecule has 2 atom stereocenters. The fraction of sp³-hybridized carbons (Fsp3) is 0.714. The van der Waals surface area contributed by atoms with Crippen molar-refractivity contribution in [2.45, 2.75) is 52.5 Å². The second-order valence-electron chi connectivity index (χ2n) is 5.14. The molecule has 0 aliphatic heterocycles. The van der Waals surface area contributed by atoms with Crippen molar-refractivity contribution < 1.29 is 4.79 Å². The molecule has 0 spiro atoms. The third-order valence-corrected chi connectivity index (χ3v) is 3.40. The summed E-state index contributed by atoms with van der Waals surface area (Å²) in [6.07, 6.45) is 4.93. The van der Waals surface area contributed by atoms with Crippen LogP contribution < -0.4 is 5.73 Å². The molecule has 0 radical (unpaired) electrons. The zero-order valence-corrected chi connectivity index (χ0v) is 11.7. The maximum atomic E-state index is 11.8. The lowest BCUT2D eigenvalue weighted by Gasteiger charge is -2.08. The summed E-state index contributed by atoms with van der Waals surface area (Å²) >= 11 is 0. The molecule has 0 saturated heterocycles. The van der Waals surface area contributed by atoms with E-state index in [1.807, 2.05) is 16.9 Å². The third kappa shape index (κ3) is 4.61. The number of hydrogen-bond acceptors (Lipinski definition) is 3. The molecule has 0 aliphatic rings. The molecule has 4 heteroatoms. The molecule has 18 heavy (non-hydrogen) atoms. The maximum absolute atomic E-state index is 11.8. The van der Waals surface area contributed by atoms with Crippen molar-refractivity contribution in [2.75, 3.05) is 6.54 Å². The molecule has 4 nitrogen and oxygen atoms in total. The van der Waals surface area contributed by atoms with Gasteiger partial charge >= 0.3 is 0 Å². The van der Waals surface area contributed by atoms with Crippen molar-refractivity contribution in [1.29, 1.82) is 0 Å². The van der Waals surface area contributed by atoms with Gasteiger partial charge in [0.2, 0.25) is 0 Å². The number of hydrogen-bond donors (Lipinski definition) is 1. The van der Waals surface area contributed by atoms with Gasteiger partial charge < -0.3 is 5.73 Å². The number of Topliss-reactive ketones (excluding diaryl/α,β-unsaturated/α-hetero) is 1. The first-order valence-electron chi connectivity index (χ1n) is 6.82. The van der Waals surface area contributed by atoms with E-state index in [4.69, 9.17) is 5.73 Å². The first kappa shape index (κ1) is 14.9. The van der Waals surface area contributed by atoms with Gasteiger partial charge in [0.15, 0.2) is 0 Å². The average Bonchev–Trinajstić information content (AvgIpc) is 2.83. The van der Waals surface area contributed by atoms with Gasteiger partial charge in [-0.1, -0.05) is 13.8 Å². The van der Waals surface area contributed by atoms with Crippen LogP contribution in [0, 0.1) is 5.92 Å². The molecule has 102 valence electrons. The highest BCUT2D eigenvalue weighted by Crippen LogP contribution is 2.11. The summed E-state index contributed by atoms with van der Waals surface area (Å²) in [7, 11) is 0. The number of carbonyl (C=O) groups excluding carboxylic acids is 1. The Labute approximate surface area is 110 Å². The second-order valence-corrected chi connectivity index (χ2v) is 5.14. The van der Waals surface area contributed by atoms with Crippen LogP contribution in [0.5, 0.6) is 0 Å². The molecule has 2 N–H and O–H groups in total. The number of rotatable bonds is 8. The van der Waals surface area contributed by atoms with Crippen molar-refractivity contribution >= 4 is 5.78 Å². The number of nitrogens with two attached hydrogens (primary N) is 1. The van der Waals surface area contributed by atoms with Crippen LogP contribution in [0.2, 0.25) is 0 Å². The van der Waals surface area contributed by atoms with Gasteiger partial charge in [-0.05, 0) is 38.3 Å².